The number of carbonyl (C=O) groups excluding carboxylic acids is 1. The first-order chi connectivity index (χ1) is 8.97. The number of hydrogen-bond acceptors (Lipinski definition) is 3. The van der Waals surface area contributed by atoms with E-state index in [9.17, 15) is 18.0 Å². The van der Waals surface area contributed by atoms with Gasteiger partial charge in [-0.15, -0.1) is 0 Å². The fraction of sp³-hybridized carbons (Fsp3) is 0.417. The highest BCUT2D eigenvalue weighted by Crippen LogP contribution is 2.30. The maximum absolute atomic E-state index is 12.5. The van der Waals surface area contributed by atoms with E-state index in [4.69, 9.17) is 4.74 Å². The van der Waals surface area contributed by atoms with E-state index in [0.717, 1.165) is 12.1 Å². The molecule has 0 unspecified atom stereocenters. The molecular formula is C12H13F3N2O2. The minimum absolute atomic E-state index is 0.118. The van der Waals surface area contributed by atoms with Gasteiger partial charge < -0.3 is 15.4 Å². The smallest absolute Gasteiger partial charge is 0.378 e. The Bertz CT molecular complexity index is 457. The zero-order valence-electron chi connectivity index (χ0n) is 9.96. The van der Waals surface area contributed by atoms with Crippen LogP contribution in [0, 0.1) is 0 Å². The Labute approximate surface area is 107 Å². The molecule has 1 aromatic carbocycles. The molecule has 1 saturated heterocycles. The molecule has 7 heteroatoms. The molecule has 2 N–H and O–H groups in total. The van der Waals surface area contributed by atoms with Crippen molar-refractivity contribution in [2.24, 2.45) is 0 Å². The molecule has 1 aromatic rings. The monoisotopic (exact) mass is 274 g/mol. The van der Waals surface area contributed by atoms with Crippen molar-refractivity contribution in [3.05, 3.63) is 29.8 Å². The highest BCUT2D eigenvalue weighted by atomic mass is 19.4. The number of alkyl halides is 3. The minimum atomic E-state index is -4.42. The van der Waals surface area contributed by atoms with Crippen LogP contribution < -0.4 is 10.6 Å². The zero-order valence-corrected chi connectivity index (χ0v) is 9.96. The predicted octanol–water partition coefficient (Wildman–Crippen LogP) is 1.63. The Kier molecular flexibility index (Phi) is 4.06. The normalized spacial score (nSPS) is 20.1. The Balaban J connectivity index is 2.04. The first-order valence-corrected chi connectivity index (χ1v) is 5.76. The van der Waals surface area contributed by atoms with Crippen molar-refractivity contribution in [2.75, 3.05) is 25.1 Å². The van der Waals surface area contributed by atoms with E-state index < -0.39 is 23.7 Å². The molecule has 1 atom stereocenters. The van der Waals surface area contributed by atoms with Crippen LogP contribution in [0.3, 0.4) is 0 Å². The number of hydrogen-bond donors (Lipinski definition) is 2. The molecule has 0 aliphatic carbocycles. The summed E-state index contributed by atoms with van der Waals surface area (Å²) in [6.07, 6.45) is -4.42. The van der Waals surface area contributed by atoms with E-state index in [2.05, 4.69) is 10.6 Å². The predicted molar refractivity (Wildman–Crippen MR) is 62.7 cm³/mol. The molecule has 1 aliphatic rings. The molecule has 0 radical (unpaired) electrons. The Morgan fingerprint density at radius 1 is 1.42 bits per heavy atom. The van der Waals surface area contributed by atoms with Crippen molar-refractivity contribution in [3.8, 4) is 0 Å². The molecule has 1 heterocycles. The van der Waals surface area contributed by atoms with Gasteiger partial charge >= 0.3 is 6.18 Å². The molecule has 4 nitrogen and oxygen atoms in total. The molecule has 1 aliphatic heterocycles. The fourth-order valence-electron chi connectivity index (χ4n) is 1.74. The van der Waals surface area contributed by atoms with Crippen LogP contribution in [0.4, 0.5) is 18.9 Å². The SMILES string of the molecule is O=C(Nc1cccc(C(F)(F)F)c1)[C@@H]1COCCN1. The second-order valence-electron chi connectivity index (χ2n) is 4.15. The second kappa shape index (κ2) is 5.58. The van der Waals surface area contributed by atoms with Gasteiger partial charge in [0.05, 0.1) is 18.8 Å². The number of anilines is 1. The maximum Gasteiger partial charge on any atom is 0.416 e. The van der Waals surface area contributed by atoms with Crippen molar-refractivity contribution in [1.29, 1.82) is 0 Å². The molecule has 104 valence electrons. The number of benzene rings is 1. The Morgan fingerprint density at radius 2 is 2.21 bits per heavy atom. The molecule has 2 rings (SSSR count). The number of halogens is 3. The third-order valence-electron chi connectivity index (χ3n) is 2.70. The number of carbonyl (C=O) groups is 1. The van der Waals surface area contributed by atoms with E-state index in [1.54, 1.807) is 0 Å². The lowest BCUT2D eigenvalue weighted by atomic mass is 10.2. The lowest BCUT2D eigenvalue weighted by Crippen LogP contribution is -2.48. The van der Waals surface area contributed by atoms with Gasteiger partial charge in [0.25, 0.3) is 0 Å². The van der Waals surface area contributed by atoms with Crippen LogP contribution in [0.15, 0.2) is 24.3 Å². The number of amides is 1. The van der Waals surface area contributed by atoms with Crippen molar-refractivity contribution in [3.63, 3.8) is 0 Å². The molecule has 0 spiro atoms. The fourth-order valence-corrected chi connectivity index (χ4v) is 1.74. The highest BCUT2D eigenvalue weighted by Gasteiger charge is 2.30. The van der Waals surface area contributed by atoms with Crippen molar-refractivity contribution in [1.82, 2.24) is 5.32 Å². The lowest BCUT2D eigenvalue weighted by Gasteiger charge is -2.23. The third kappa shape index (κ3) is 3.68. The van der Waals surface area contributed by atoms with Gasteiger partial charge in [-0.25, -0.2) is 0 Å². The summed E-state index contributed by atoms with van der Waals surface area (Å²) >= 11 is 0. The van der Waals surface area contributed by atoms with E-state index in [1.165, 1.54) is 12.1 Å². The van der Waals surface area contributed by atoms with Gasteiger partial charge in [-0.3, -0.25) is 4.79 Å². The van der Waals surface area contributed by atoms with Gasteiger partial charge in [-0.2, -0.15) is 13.2 Å². The summed E-state index contributed by atoms with van der Waals surface area (Å²) in [7, 11) is 0. The Morgan fingerprint density at radius 3 is 2.84 bits per heavy atom. The number of morpholine rings is 1. The van der Waals surface area contributed by atoms with Crippen LogP contribution in [0.1, 0.15) is 5.56 Å². The van der Waals surface area contributed by atoms with Gasteiger partial charge in [0.1, 0.15) is 6.04 Å². The van der Waals surface area contributed by atoms with Crippen LogP contribution >= 0.6 is 0 Å². The van der Waals surface area contributed by atoms with Crippen molar-refractivity contribution < 1.29 is 22.7 Å². The molecular weight excluding hydrogens is 261 g/mol. The lowest BCUT2D eigenvalue weighted by molar-refractivity contribution is -0.137. The topological polar surface area (TPSA) is 50.4 Å². The summed E-state index contributed by atoms with van der Waals surface area (Å²) < 4.78 is 42.7. The van der Waals surface area contributed by atoms with Crippen LogP contribution in [0.5, 0.6) is 0 Å². The van der Waals surface area contributed by atoms with E-state index in [-0.39, 0.29) is 12.3 Å². The van der Waals surface area contributed by atoms with Crippen molar-refractivity contribution >= 4 is 11.6 Å². The summed E-state index contributed by atoms with van der Waals surface area (Å²) in [5.41, 5.74) is -0.676. The van der Waals surface area contributed by atoms with Gasteiger partial charge in [0.15, 0.2) is 0 Å². The van der Waals surface area contributed by atoms with Crippen LogP contribution in [-0.2, 0) is 15.7 Å². The molecule has 0 aromatic heterocycles. The van der Waals surface area contributed by atoms with E-state index in [0.29, 0.717) is 13.2 Å². The Hall–Kier alpha value is -1.60. The largest absolute Gasteiger partial charge is 0.416 e. The number of nitrogens with one attached hydrogen (secondary N) is 2. The second-order valence-corrected chi connectivity index (χ2v) is 4.15. The summed E-state index contributed by atoms with van der Waals surface area (Å²) in [5.74, 6) is -0.404. The quantitative estimate of drug-likeness (QED) is 0.862. The highest BCUT2D eigenvalue weighted by molar-refractivity contribution is 5.95. The third-order valence-corrected chi connectivity index (χ3v) is 2.70. The number of ether oxygens (including phenoxy) is 1. The van der Waals surface area contributed by atoms with Gasteiger partial charge in [-0.1, -0.05) is 6.07 Å². The van der Waals surface area contributed by atoms with E-state index >= 15 is 0 Å². The van der Waals surface area contributed by atoms with Gasteiger partial charge in [0.2, 0.25) is 5.91 Å². The standard InChI is InChI=1S/C12H13F3N2O2/c13-12(14,15)8-2-1-3-9(6-8)17-11(18)10-7-19-5-4-16-10/h1-3,6,10,16H,4-5,7H2,(H,17,18)/t10-/m0/s1. The van der Waals surface area contributed by atoms with Crippen LogP contribution in [-0.4, -0.2) is 31.7 Å². The van der Waals surface area contributed by atoms with Crippen molar-refractivity contribution in [2.45, 2.75) is 12.2 Å². The molecule has 1 amide bonds. The first-order valence-electron chi connectivity index (χ1n) is 5.76. The minimum Gasteiger partial charge on any atom is -0.378 e. The van der Waals surface area contributed by atoms with Gasteiger partial charge in [0, 0.05) is 12.2 Å². The zero-order chi connectivity index (χ0) is 13.9. The van der Waals surface area contributed by atoms with Crippen LogP contribution in [0.2, 0.25) is 0 Å². The summed E-state index contributed by atoms with van der Waals surface area (Å²) in [6, 6.07) is 3.99. The average Bonchev–Trinajstić information content (AvgIpc) is 2.39. The maximum atomic E-state index is 12.5. The first kappa shape index (κ1) is 13.8. The van der Waals surface area contributed by atoms with Crippen LogP contribution in [0.25, 0.3) is 0 Å². The summed E-state index contributed by atoms with van der Waals surface area (Å²) in [6.45, 7) is 1.28. The average molecular weight is 274 g/mol. The molecule has 1 fully saturated rings. The molecule has 0 bridgehead atoms. The van der Waals surface area contributed by atoms with Gasteiger partial charge in [-0.05, 0) is 18.2 Å². The summed E-state index contributed by atoms with van der Waals surface area (Å²) in [4.78, 5) is 11.8. The molecule has 0 saturated carbocycles. The number of rotatable bonds is 2. The van der Waals surface area contributed by atoms with E-state index in [1.807, 2.05) is 0 Å². The summed E-state index contributed by atoms with van der Waals surface area (Å²) in [5, 5.41) is 5.37. The molecule has 19 heavy (non-hydrogen) atoms.